The largest absolute Gasteiger partial charge is 0.297 e. The van der Waals surface area contributed by atoms with Crippen molar-refractivity contribution in [2.24, 2.45) is 0 Å². The fourth-order valence-corrected chi connectivity index (χ4v) is 7.08. The molecule has 2 fully saturated rings. The van der Waals surface area contributed by atoms with Crippen molar-refractivity contribution >= 4 is 46.6 Å². The molecule has 8 heteroatoms. The van der Waals surface area contributed by atoms with Crippen LogP contribution in [-0.4, -0.2) is 60.2 Å². The fourth-order valence-electron chi connectivity index (χ4n) is 5.55. The SMILES string of the molecule is Cc1ccc(N2C(=O)CS[C@@]23C(=O)N(CN2CCN(Cc4ccccc4)CC2)c2ccccc23)cc1Cl. The van der Waals surface area contributed by atoms with E-state index < -0.39 is 4.87 Å². The number of carbonyl (C=O) groups is 2. The van der Waals surface area contributed by atoms with E-state index in [1.54, 1.807) is 11.0 Å². The van der Waals surface area contributed by atoms with Crippen LogP contribution >= 0.6 is 23.4 Å². The molecular weight excluding hydrogens is 504 g/mol. The highest BCUT2D eigenvalue weighted by molar-refractivity contribution is 8.02. The Labute approximate surface area is 226 Å². The van der Waals surface area contributed by atoms with Crippen LogP contribution in [-0.2, 0) is 21.0 Å². The summed E-state index contributed by atoms with van der Waals surface area (Å²) in [5, 5.41) is 0.585. The average Bonchev–Trinajstić information content (AvgIpc) is 3.38. The van der Waals surface area contributed by atoms with Gasteiger partial charge in [-0.25, -0.2) is 0 Å². The molecule has 0 unspecified atom stereocenters. The van der Waals surface area contributed by atoms with Gasteiger partial charge in [0.05, 0.1) is 18.1 Å². The summed E-state index contributed by atoms with van der Waals surface area (Å²) in [4.78, 5) is 34.8. The molecule has 3 aromatic rings. The topological polar surface area (TPSA) is 47.1 Å². The first-order valence-corrected chi connectivity index (χ1v) is 14.0. The number of hydrogen-bond acceptors (Lipinski definition) is 5. The minimum Gasteiger partial charge on any atom is -0.297 e. The lowest BCUT2D eigenvalue weighted by Crippen LogP contribution is -2.54. The third-order valence-corrected chi connectivity index (χ3v) is 9.33. The summed E-state index contributed by atoms with van der Waals surface area (Å²) < 4.78 is 0. The number of para-hydroxylation sites is 1. The zero-order chi connectivity index (χ0) is 25.6. The van der Waals surface area contributed by atoms with Crippen LogP contribution in [0, 0.1) is 6.92 Å². The maximum Gasteiger partial charge on any atom is 0.269 e. The second-order valence-electron chi connectivity index (χ2n) is 9.87. The predicted octanol–water partition coefficient (Wildman–Crippen LogP) is 4.70. The van der Waals surface area contributed by atoms with E-state index in [1.165, 1.54) is 17.3 Å². The maximum atomic E-state index is 14.3. The zero-order valence-corrected chi connectivity index (χ0v) is 22.3. The molecule has 3 heterocycles. The molecular formula is C29H29ClN4O2S. The molecule has 0 radical (unpaired) electrons. The minimum absolute atomic E-state index is 0.0621. The minimum atomic E-state index is -1.11. The van der Waals surface area contributed by atoms with Gasteiger partial charge in [0.1, 0.15) is 0 Å². The lowest BCUT2D eigenvalue weighted by Gasteiger charge is -2.37. The van der Waals surface area contributed by atoms with Crippen molar-refractivity contribution in [2.45, 2.75) is 18.3 Å². The van der Waals surface area contributed by atoms with E-state index in [1.807, 2.05) is 54.3 Å². The highest BCUT2D eigenvalue weighted by atomic mass is 35.5. The van der Waals surface area contributed by atoms with E-state index in [0.717, 1.165) is 49.5 Å². The molecule has 6 rings (SSSR count). The standard InChI is InChI=1S/C29H29ClN4O2S/c1-21-11-12-23(17-25(21)30)34-27(35)19-37-29(34)24-9-5-6-10-26(24)33(28(29)36)20-32-15-13-31(14-16-32)18-22-7-3-2-4-8-22/h2-12,17H,13-16,18-20H2,1H3/t29-/m0/s1. The molecule has 2 amide bonds. The van der Waals surface area contributed by atoms with Gasteiger partial charge in [0.2, 0.25) is 10.8 Å². The lowest BCUT2D eigenvalue weighted by molar-refractivity contribution is -0.124. The van der Waals surface area contributed by atoms with Gasteiger partial charge >= 0.3 is 0 Å². The van der Waals surface area contributed by atoms with Gasteiger partial charge < -0.3 is 0 Å². The van der Waals surface area contributed by atoms with Crippen LogP contribution in [0.15, 0.2) is 72.8 Å². The number of hydrogen-bond donors (Lipinski definition) is 0. The molecule has 0 N–H and O–H groups in total. The molecule has 190 valence electrons. The molecule has 37 heavy (non-hydrogen) atoms. The van der Waals surface area contributed by atoms with Crippen LogP contribution in [0.2, 0.25) is 5.02 Å². The Morgan fingerprint density at radius 2 is 1.59 bits per heavy atom. The second-order valence-corrected chi connectivity index (χ2v) is 11.4. The normalized spacial score (nSPS) is 22.3. The van der Waals surface area contributed by atoms with Crippen LogP contribution in [0.25, 0.3) is 0 Å². The Morgan fingerprint density at radius 1 is 0.892 bits per heavy atom. The summed E-state index contributed by atoms with van der Waals surface area (Å²) in [6.07, 6.45) is 0. The molecule has 0 aromatic heterocycles. The summed E-state index contributed by atoms with van der Waals surface area (Å²) in [5.74, 6) is 0.106. The Morgan fingerprint density at radius 3 is 2.35 bits per heavy atom. The summed E-state index contributed by atoms with van der Waals surface area (Å²) in [6.45, 7) is 7.05. The van der Waals surface area contributed by atoms with E-state index in [2.05, 4.69) is 34.1 Å². The third kappa shape index (κ3) is 4.24. The Bertz CT molecular complexity index is 1340. The first-order valence-electron chi connectivity index (χ1n) is 12.6. The number of nitrogens with zero attached hydrogens (tertiary/aromatic N) is 4. The summed E-state index contributed by atoms with van der Waals surface area (Å²) in [6, 6.07) is 24.0. The number of anilines is 2. The van der Waals surface area contributed by atoms with Crippen molar-refractivity contribution < 1.29 is 9.59 Å². The Kier molecular flexibility index (Phi) is 6.49. The summed E-state index contributed by atoms with van der Waals surface area (Å²) in [7, 11) is 0. The van der Waals surface area contributed by atoms with Gasteiger partial charge in [-0.15, -0.1) is 11.8 Å². The first-order chi connectivity index (χ1) is 18.0. The van der Waals surface area contributed by atoms with Crippen molar-refractivity contribution in [2.75, 3.05) is 48.4 Å². The molecule has 2 saturated heterocycles. The summed E-state index contributed by atoms with van der Waals surface area (Å²) >= 11 is 7.85. The molecule has 0 saturated carbocycles. The van der Waals surface area contributed by atoms with Crippen molar-refractivity contribution in [3.05, 3.63) is 94.5 Å². The number of aryl methyl sites for hydroxylation is 1. The van der Waals surface area contributed by atoms with E-state index in [4.69, 9.17) is 11.6 Å². The molecule has 0 aliphatic carbocycles. The van der Waals surface area contributed by atoms with Crippen molar-refractivity contribution in [3.63, 3.8) is 0 Å². The highest BCUT2D eigenvalue weighted by Gasteiger charge is 2.61. The number of halogens is 1. The number of benzene rings is 3. The van der Waals surface area contributed by atoms with E-state index >= 15 is 0 Å². The number of piperazine rings is 1. The molecule has 3 aromatic carbocycles. The average molecular weight is 533 g/mol. The van der Waals surface area contributed by atoms with Crippen molar-refractivity contribution in [3.8, 4) is 0 Å². The van der Waals surface area contributed by atoms with Gasteiger partial charge in [-0.05, 0) is 36.2 Å². The van der Waals surface area contributed by atoms with Crippen LogP contribution < -0.4 is 9.80 Å². The third-order valence-electron chi connectivity index (χ3n) is 7.53. The van der Waals surface area contributed by atoms with Gasteiger partial charge in [0, 0.05) is 49.0 Å². The first kappa shape index (κ1) is 24.5. The lowest BCUT2D eigenvalue weighted by atomic mass is 10.0. The van der Waals surface area contributed by atoms with E-state index in [0.29, 0.717) is 17.4 Å². The molecule has 3 aliphatic heterocycles. The number of rotatable bonds is 5. The molecule has 0 bridgehead atoms. The Hall–Kier alpha value is -2.84. The van der Waals surface area contributed by atoms with Crippen LogP contribution in [0.3, 0.4) is 0 Å². The van der Waals surface area contributed by atoms with E-state index in [-0.39, 0.29) is 17.6 Å². The van der Waals surface area contributed by atoms with Gasteiger partial charge in [0.25, 0.3) is 5.91 Å². The number of carbonyl (C=O) groups excluding carboxylic acids is 2. The molecule has 6 nitrogen and oxygen atoms in total. The van der Waals surface area contributed by atoms with Crippen LogP contribution in [0.5, 0.6) is 0 Å². The monoisotopic (exact) mass is 532 g/mol. The van der Waals surface area contributed by atoms with Gasteiger partial charge in [-0.1, -0.05) is 66.2 Å². The fraction of sp³-hybridized carbons (Fsp3) is 0.310. The number of amides is 2. The van der Waals surface area contributed by atoms with Gasteiger partial charge in [-0.3, -0.25) is 29.2 Å². The van der Waals surface area contributed by atoms with Crippen molar-refractivity contribution in [1.29, 1.82) is 0 Å². The molecule has 1 atom stereocenters. The maximum absolute atomic E-state index is 14.3. The molecule has 1 spiro atoms. The zero-order valence-electron chi connectivity index (χ0n) is 20.8. The number of fused-ring (bicyclic) bond motifs is 2. The summed E-state index contributed by atoms with van der Waals surface area (Å²) in [5.41, 5.74) is 4.66. The van der Waals surface area contributed by atoms with Gasteiger partial charge in [0.15, 0.2) is 0 Å². The predicted molar refractivity (Wildman–Crippen MR) is 150 cm³/mol. The van der Waals surface area contributed by atoms with Crippen molar-refractivity contribution in [1.82, 2.24) is 9.80 Å². The van der Waals surface area contributed by atoms with Gasteiger partial charge in [-0.2, -0.15) is 0 Å². The molecule has 3 aliphatic rings. The van der Waals surface area contributed by atoms with E-state index in [9.17, 15) is 9.59 Å². The Balaban J connectivity index is 1.25. The van der Waals surface area contributed by atoms with Crippen LogP contribution in [0.1, 0.15) is 16.7 Å². The second kappa shape index (κ2) is 9.80. The smallest absolute Gasteiger partial charge is 0.269 e. The van der Waals surface area contributed by atoms with Crippen LogP contribution in [0.4, 0.5) is 11.4 Å². The highest BCUT2D eigenvalue weighted by Crippen LogP contribution is 2.55. The quantitative estimate of drug-likeness (QED) is 0.476. The number of thioether (sulfide) groups is 1.